The first-order chi connectivity index (χ1) is 21.6. The number of aliphatic hydroxyl groups is 1. The Morgan fingerprint density at radius 3 is 2.49 bits per heavy atom. The number of H-pyrrole nitrogens is 1. The standard InChI is InChI=1S/C32H42N4O8S/c1-22(2)23-20-29(31(38)34-14-12-24(13-15-34)36-28-7-5-4-6-27(28)33-32(36)39)44-30(21-23)43-19-17-35(16-18-37)45(40,41)26-10-8-25(42-3)9-11-26/h4-11,20,22-24,30,37H,12-19,21H2,1-3H3,(H,33,39). The molecule has 12 nitrogen and oxygen atoms in total. The van der Waals surface area contributed by atoms with Crippen molar-refractivity contribution in [3.05, 3.63) is 70.9 Å². The van der Waals surface area contributed by atoms with Crippen LogP contribution < -0.4 is 10.4 Å². The Hall–Kier alpha value is -3.65. The number of fused-ring (bicyclic) bond motifs is 1. The number of hydrogen-bond acceptors (Lipinski definition) is 8. The van der Waals surface area contributed by atoms with Gasteiger partial charge in [0.25, 0.3) is 5.91 Å². The highest BCUT2D eigenvalue weighted by Gasteiger charge is 2.34. The Balaban J connectivity index is 1.20. The van der Waals surface area contributed by atoms with Gasteiger partial charge < -0.3 is 29.2 Å². The molecule has 45 heavy (non-hydrogen) atoms. The number of ether oxygens (including phenoxy) is 3. The molecular formula is C32H42N4O8S. The zero-order valence-corrected chi connectivity index (χ0v) is 26.7. The molecule has 1 fully saturated rings. The van der Waals surface area contributed by atoms with E-state index in [-0.39, 0.29) is 66.4 Å². The van der Waals surface area contributed by atoms with Crippen LogP contribution in [0.1, 0.15) is 39.2 Å². The zero-order chi connectivity index (χ0) is 32.1. The average molecular weight is 643 g/mol. The topological polar surface area (TPSA) is 143 Å². The molecule has 3 aromatic rings. The number of methoxy groups -OCH3 is 1. The quantitative estimate of drug-likeness (QED) is 0.307. The lowest BCUT2D eigenvalue weighted by molar-refractivity contribution is -0.157. The summed E-state index contributed by atoms with van der Waals surface area (Å²) in [6.07, 6.45) is 2.93. The number of rotatable bonds is 12. The lowest BCUT2D eigenvalue weighted by Gasteiger charge is -2.36. The van der Waals surface area contributed by atoms with Gasteiger partial charge in [-0.15, -0.1) is 0 Å². The maximum Gasteiger partial charge on any atom is 0.326 e. The average Bonchev–Trinajstić information content (AvgIpc) is 3.39. The molecule has 1 aromatic heterocycles. The van der Waals surface area contributed by atoms with Crippen molar-refractivity contribution in [1.29, 1.82) is 0 Å². The molecule has 2 aromatic carbocycles. The van der Waals surface area contributed by atoms with Gasteiger partial charge in [0.15, 0.2) is 5.76 Å². The number of aromatic nitrogens is 2. The highest BCUT2D eigenvalue weighted by Crippen LogP contribution is 2.31. The summed E-state index contributed by atoms with van der Waals surface area (Å²) in [5.41, 5.74) is 1.51. The highest BCUT2D eigenvalue weighted by molar-refractivity contribution is 7.89. The third-order valence-electron chi connectivity index (χ3n) is 8.59. The van der Waals surface area contributed by atoms with Gasteiger partial charge in [-0.2, -0.15) is 4.31 Å². The van der Waals surface area contributed by atoms with Crippen LogP contribution in [0.4, 0.5) is 0 Å². The van der Waals surface area contributed by atoms with Crippen LogP contribution in [-0.2, 0) is 24.3 Å². The van der Waals surface area contributed by atoms with E-state index < -0.39 is 16.3 Å². The van der Waals surface area contributed by atoms with E-state index in [1.165, 1.54) is 23.5 Å². The number of nitrogens with zero attached hydrogens (tertiary/aromatic N) is 3. The van der Waals surface area contributed by atoms with Gasteiger partial charge in [-0.1, -0.05) is 26.0 Å². The summed E-state index contributed by atoms with van der Waals surface area (Å²) in [6, 6.07) is 13.6. The number of carbonyl (C=O) groups excluding carboxylic acids is 1. The number of aromatic amines is 1. The summed E-state index contributed by atoms with van der Waals surface area (Å²) in [7, 11) is -2.39. The summed E-state index contributed by atoms with van der Waals surface area (Å²) in [5.74, 6) is 0.798. The number of aliphatic hydroxyl groups excluding tert-OH is 1. The monoisotopic (exact) mass is 642 g/mol. The Morgan fingerprint density at radius 1 is 1.11 bits per heavy atom. The largest absolute Gasteiger partial charge is 0.497 e. The van der Waals surface area contributed by atoms with Crippen LogP contribution in [0.3, 0.4) is 0 Å². The predicted octanol–water partition coefficient (Wildman–Crippen LogP) is 3.10. The number of para-hydroxylation sites is 2. The summed E-state index contributed by atoms with van der Waals surface area (Å²) in [6.45, 7) is 4.66. The summed E-state index contributed by atoms with van der Waals surface area (Å²) < 4.78 is 46.6. The van der Waals surface area contributed by atoms with Crippen molar-refractivity contribution in [1.82, 2.24) is 18.8 Å². The number of carbonyl (C=O) groups is 1. The molecule has 1 amide bonds. The molecule has 5 rings (SSSR count). The van der Waals surface area contributed by atoms with E-state index in [1.54, 1.807) is 21.6 Å². The fourth-order valence-electron chi connectivity index (χ4n) is 5.97. The van der Waals surface area contributed by atoms with Gasteiger partial charge in [0.05, 0.1) is 36.3 Å². The minimum absolute atomic E-state index is 0.00512. The maximum absolute atomic E-state index is 13.6. The molecule has 2 N–H and O–H groups in total. The van der Waals surface area contributed by atoms with E-state index >= 15 is 0 Å². The second kappa shape index (κ2) is 14.2. The molecular weight excluding hydrogens is 600 g/mol. The van der Waals surface area contributed by atoms with Crippen molar-refractivity contribution < 1.29 is 32.5 Å². The van der Waals surface area contributed by atoms with Gasteiger partial charge in [0, 0.05) is 38.6 Å². The van der Waals surface area contributed by atoms with Crippen LogP contribution in [0, 0.1) is 11.8 Å². The Bertz CT molecular complexity index is 1660. The van der Waals surface area contributed by atoms with Gasteiger partial charge in [-0.3, -0.25) is 9.36 Å². The first kappa shape index (κ1) is 32.7. The highest BCUT2D eigenvalue weighted by atomic mass is 32.2. The minimum atomic E-state index is -3.89. The molecule has 2 aliphatic heterocycles. The molecule has 0 aliphatic carbocycles. The lowest BCUT2D eigenvalue weighted by atomic mass is 9.90. The van der Waals surface area contributed by atoms with E-state index in [1.807, 2.05) is 30.3 Å². The van der Waals surface area contributed by atoms with E-state index in [2.05, 4.69) is 18.8 Å². The van der Waals surface area contributed by atoms with Crippen LogP contribution in [0.2, 0.25) is 0 Å². The van der Waals surface area contributed by atoms with E-state index in [0.29, 0.717) is 38.1 Å². The number of benzene rings is 2. The first-order valence-corrected chi connectivity index (χ1v) is 16.8. The molecule has 244 valence electrons. The second-order valence-electron chi connectivity index (χ2n) is 11.7. The molecule has 13 heteroatoms. The third-order valence-corrected chi connectivity index (χ3v) is 10.5. The molecule has 2 unspecified atom stereocenters. The zero-order valence-electron chi connectivity index (χ0n) is 25.9. The van der Waals surface area contributed by atoms with Gasteiger partial charge in [-0.05, 0) is 67.2 Å². The smallest absolute Gasteiger partial charge is 0.326 e. The van der Waals surface area contributed by atoms with E-state index in [0.717, 1.165) is 11.0 Å². The van der Waals surface area contributed by atoms with Crippen molar-refractivity contribution in [2.45, 2.75) is 50.3 Å². The number of piperidine rings is 1. The van der Waals surface area contributed by atoms with Crippen molar-refractivity contribution >= 4 is 27.0 Å². The number of imidazole rings is 1. The van der Waals surface area contributed by atoms with Crippen molar-refractivity contribution in [3.63, 3.8) is 0 Å². The lowest BCUT2D eigenvalue weighted by Crippen LogP contribution is -2.43. The van der Waals surface area contributed by atoms with E-state index in [4.69, 9.17) is 14.2 Å². The number of allylic oxidation sites excluding steroid dienone is 1. The molecule has 0 spiro atoms. The number of sulfonamides is 1. The number of nitrogens with one attached hydrogen (secondary N) is 1. The van der Waals surface area contributed by atoms with Crippen LogP contribution in [-0.4, -0.2) is 91.0 Å². The Morgan fingerprint density at radius 2 is 1.82 bits per heavy atom. The maximum atomic E-state index is 13.6. The second-order valence-corrected chi connectivity index (χ2v) is 13.7. The summed E-state index contributed by atoms with van der Waals surface area (Å²) in [4.78, 5) is 31.1. The normalized spacial score (nSPS) is 19.6. The molecule has 3 heterocycles. The Kier molecular flexibility index (Phi) is 10.3. The van der Waals surface area contributed by atoms with E-state index in [9.17, 15) is 23.1 Å². The number of amides is 1. The van der Waals surface area contributed by atoms with Crippen LogP contribution in [0.25, 0.3) is 11.0 Å². The van der Waals surface area contributed by atoms with Crippen molar-refractivity contribution in [2.24, 2.45) is 11.8 Å². The van der Waals surface area contributed by atoms with Crippen LogP contribution in [0.15, 0.2) is 70.1 Å². The van der Waals surface area contributed by atoms with Gasteiger partial charge in [-0.25, -0.2) is 13.2 Å². The van der Waals surface area contributed by atoms with Crippen molar-refractivity contribution in [2.75, 3.05) is 46.5 Å². The van der Waals surface area contributed by atoms with Crippen LogP contribution in [0.5, 0.6) is 5.75 Å². The van der Waals surface area contributed by atoms with Crippen molar-refractivity contribution in [3.8, 4) is 5.75 Å². The van der Waals surface area contributed by atoms with Gasteiger partial charge in [0.2, 0.25) is 16.3 Å². The van der Waals surface area contributed by atoms with Gasteiger partial charge in [0.1, 0.15) is 5.75 Å². The molecule has 0 bridgehead atoms. The molecule has 2 atom stereocenters. The molecule has 0 radical (unpaired) electrons. The summed E-state index contributed by atoms with van der Waals surface area (Å²) in [5, 5.41) is 9.56. The molecule has 1 saturated heterocycles. The Labute approximate surface area is 263 Å². The summed E-state index contributed by atoms with van der Waals surface area (Å²) >= 11 is 0. The first-order valence-electron chi connectivity index (χ1n) is 15.4. The fourth-order valence-corrected chi connectivity index (χ4v) is 7.38. The third kappa shape index (κ3) is 7.27. The number of likely N-dealkylation sites (tertiary alicyclic amines) is 1. The molecule has 2 aliphatic rings. The fraction of sp³-hybridized carbons (Fsp3) is 0.500. The molecule has 0 saturated carbocycles. The van der Waals surface area contributed by atoms with Crippen LogP contribution >= 0.6 is 0 Å². The predicted molar refractivity (Wildman–Crippen MR) is 168 cm³/mol. The van der Waals surface area contributed by atoms with Gasteiger partial charge >= 0.3 is 5.69 Å². The number of hydrogen-bond donors (Lipinski definition) is 2. The SMILES string of the molecule is COc1ccc(S(=O)(=O)N(CCO)CCOC2CC(C(C)C)C=C(C(=O)N3CCC(n4c(=O)[nH]c5ccccc54)CC3)O2)cc1. The minimum Gasteiger partial charge on any atom is -0.497 e.